The van der Waals surface area contributed by atoms with Crippen LogP contribution in [0, 0.1) is 11.8 Å². The van der Waals surface area contributed by atoms with Crippen LogP contribution < -0.4 is 10.6 Å². The zero-order valence-electron chi connectivity index (χ0n) is 25.0. The third kappa shape index (κ3) is 8.71. The van der Waals surface area contributed by atoms with Crippen molar-refractivity contribution >= 4 is 27.3 Å². The molecule has 2 amide bonds. The van der Waals surface area contributed by atoms with Gasteiger partial charge < -0.3 is 15.7 Å². The van der Waals surface area contributed by atoms with Gasteiger partial charge in [-0.2, -0.15) is 10.2 Å². The maximum atomic E-state index is 13.5. The van der Waals surface area contributed by atoms with Crippen molar-refractivity contribution in [2.75, 3.05) is 11.9 Å². The van der Waals surface area contributed by atoms with Crippen LogP contribution in [0.3, 0.4) is 0 Å². The summed E-state index contributed by atoms with van der Waals surface area (Å²) in [5, 5.41) is 26.0. The Hall–Kier alpha value is -5.67. The number of rotatable bonds is 11. The molecular weight excluding hydrogens is 604 g/mol. The summed E-state index contributed by atoms with van der Waals surface area (Å²) in [5.41, 5.74) is 3.82. The van der Waals surface area contributed by atoms with E-state index in [-0.39, 0.29) is 45.8 Å². The first-order valence-corrected chi connectivity index (χ1v) is 16.1. The number of carbonyl (C=O) groups is 2. The Labute approximate surface area is 266 Å². The highest BCUT2D eigenvalue weighted by atomic mass is 32.2. The fourth-order valence-electron chi connectivity index (χ4n) is 4.64. The molecule has 0 atom stereocenters. The maximum Gasteiger partial charge on any atom is 0.251 e. The van der Waals surface area contributed by atoms with E-state index >= 15 is 0 Å². The number of benzene rings is 3. The van der Waals surface area contributed by atoms with Crippen LogP contribution in [0.25, 0.3) is 0 Å². The van der Waals surface area contributed by atoms with Gasteiger partial charge in [0.2, 0.25) is 5.91 Å². The summed E-state index contributed by atoms with van der Waals surface area (Å²) in [7, 11) is -2.14. The molecule has 5 rings (SSSR count). The summed E-state index contributed by atoms with van der Waals surface area (Å²) >= 11 is 0. The lowest BCUT2D eigenvalue weighted by atomic mass is 10.1. The highest BCUT2D eigenvalue weighted by Crippen LogP contribution is 2.22. The van der Waals surface area contributed by atoms with Gasteiger partial charge in [0.25, 0.3) is 5.91 Å². The second-order valence-corrected chi connectivity index (χ2v) is 12.6. The number of carbonyl (C=O) groups excluding carboxylic acids is 2. The number of phenolic OH excluding ortho intramolecular Hbond substituents is 1. The molecule has 2 aromatic heterocycles. The van der Waals surface area contributed by atoms with Crippen LogP contribution >= 0.6 is 0 Å². The van der Waals surface area contributed by atoms with Crippen LogP contribution in [-0.2, 0) is 40.3 Å². The lowest BCUT2D eigenvalue weighted by molar-refractivity contribution is -0.115. The van der Waals surface area contributed by atoms with Crippen molar-refractivity contribution in [3.05, 3.63) is 125 Å². The summed E-state index contributed by atoms with van der Waals surface area (Å²) in [5.74, 6) is 5.20. The minimum Gasteiger partial charge on any atom is -0.508 e. The normalized spacial score (nSPS) is 11.0. The first kappa shape index (κ1) is 31.7. The van der Waals surface area contributed by atoms with Gasteiger partial charge in [0.15, 0.2) is 9.84 Å². The number of aromatic nitrogens is 4. The van der Waals surface area contributed by atoms with E-state index in [1.807, 2.05) is 0 Å². The van der Waals surface area contributed by atoms with Gasteiger partial charge in [-0.25, -0.2) is 8.42 Å². The highest BCUT2D eigenvalue weighted by Gasteiger charge is 2.22. The number of hydrogen-bond acceptors (Lipinski definition) is 7. The molecular formula is C34H32N6O5S. The Morgan fingerprint density at radius 2 is 1.76 bits per heavy atom. The molecule has 0 aliphatic carbocycles. The quantitative estimate of drug-likeness (QED) is 0.127. The number of anilines is 1. The van der Waals surface area contributed by atoms with E-state index in [2.05, 4.69) is 37.8 Å². The molecule has 3 aromatic carbocycles. The van der Waals surface area contributed by atoms with Crippen LogP contribution in [0.2, 0.25) is 0 Å². The minimum atomic E-state index is -3.85. The molecule has 0 spiro atoms. The molecule has 46 heavy (non-hydrogen) atoms. The van der Waals surface area contributed by atoms with E-state index in [0.29, 0.717) is 29.9 Å². The van der Waals surface area contributed by atoms with Crippen molar-refractivity contribution in [1.82, 2.24) is 25.3 Å². The van der Waals surface area contributed by atoms with Crippen LogP contribution in [-0.4, -0.2) is 51.9 Å². The van der Waals surface area contributed by atoms with Gasteiger partial charge >= 0.3 is 0 Å². The van der Waals surface area contributed by atoms with E-state index in [9.17, 15) is 23.1 Å². The molecule has 0 aliphatic rings. The SMILES string of the molecule is Cn1ccc(CS(=O)(=O)c2ccc(C(=O)NCCCc3cn[nH]c3)cc2C#Cc2ccc(NC(=O)Cc3ccc(O)cc3)cc2)n1. The summed E-state index contributed by atoms with van der Waals surface area (Å²) in [6, 6.07) is 19.3. The third-order valence-corrected chi connectivity index (χ3v) is 8.68. The largest absolute Gasteiger partial charge is 0.508 e. The average Bonchev–Trinajstić information content (AvgIpc) is 3.71. The topological polar surface area (TPSA) is 159 Å². The monoisotopic (exact) mass is 636 g/mol. The molecule has 4 N–H and O–H groups in total. The number of aryl methyl sites for hydroxylation is 2. The van der Waals surface area contributed by atoms with E-state index in [1.165, 1.54) is 35.0 Å². The average molecular weight is 637 g/mol. The lowest BCUT2D eigenvalue weighted by Crippen LogP contribution is -2.25. The molecule has 5 aromatic rings. The van der Waals surface area contributed by atoms with Gasteiger partial charge in [-0.1, -0.05) is 24.0 Å². The molecule has 0 saturated heterocycles. The molecule has 2 heterocycles. The molecule has 0 bridgehead atoms. The van der Waals surface area contributed by atoms with Crippen molar-refractivity contribution in [2.45, 2.75) is 29.9 Å². The van der Waals surface area contributed by atoms with Gasteiger partial charge in [-0.3, -0.25) is 19.4 Å². The molecule has 12 heteroatoms. The van der Waals surface area contributed by atoms with Gasteiger partial charge in [-0.05, 0) is 84.6 Å². The van der Waals surface area contributed by atoms with Gasteiger partial charge in [0.1, 0.15) is 5.75 Å². The molecule has 11 nitrogen and oxygen atoms in total. The Kier molecular flexibility index (Phi) is 9.94. The Bertz CT molecular complexity index is 1990. The summed E-state index contributed by atoms with van der Waals surface area (Å²) < 4.78 is 28.5. The van der Waals surface area contributed by atoms with Gasteiger partial charge in [0.05, 0.1) is 29.0 Å². The maximum absolute atomic E-state index is 13.5. The number of nitrogens with zero attached hydrogens (tertiary/aromatic N) is 3. The summed E-state index contributed by atoms with van der Waals surface area (Å²) in [4.78, 5) is 25.4. The van der Waals surface area contributed by atoms with Crippen molar-refractivity contribution in [1.29, 1.82) is 0 Å². The predicted octanol–water partition coefficient (Wildman–Crippen LogP) is 3.77. The van der Waals surface area contributed by atoms with Crippen LogP contribution in [0.5, 0.6) is 5.75 Å². The Morgan fingerprint density at radius 3 is 2.46 bits per heavy atom. The summed E-state index contributed by atoms with van der Waals surface area (Å²) in [6.45, 7) is 0.433. The first-order valence-electron chi connectivity index (χ1n) is 14.5. The van der Waals surface area contributed by atoms with Crippen LogP contribution in [0.4, 0.5) is 5.69 Å². The Morgan fingerprint density at radius 1 is 0.978 bits per heavy atom. The zero-order chi connectivity index (χ0) is 32.5. The fraction of sp³-hybridized carbons (Fsp3) is 0.176. The number of aromatic hydroxyl groups is 1. The molecule has 0 fully saturated rings. The van der Waals surface area contributed by atoms with E-state index in [1.54, 1.807) is 68.1 Å². The highest BCUT2D eigenvalue weighted by molar-refractivity contribution is 7.90. The number of aromatic amines is 1. The van der Waals surface area contributed by atoms with Gasteiger partial charge in [0, 0.05) is 48.4 Å². The van der Waals surface area contributed by atoms with Crippen molar-refractivity contribution in [3.63, 3.8) is 0 Å². The number of nitrogens with one attached hydrogen (secondary N) is 3. The van der Waals surface area contributed by atoms with Crippen LogP contribution in [0.1, 0.15) is 44.7 Å². The van der Waals surface area contributed by atoms with Crippen molar-refractivity contribution in [3.8, 4) is 17.6 Å². The number of hydrogen-bond donors (Lipinski definition) is 4. The number of phenols is 1. The summed E-state index contributed by atoms with van der Waals surface area (Å²) in [6.07, 6.45) is 6.82. The number of H-pyrrole nitrogens is 1. The Balaban J connectivity index is 1.32. The van der Waals surface area contributed by atoms with E-state index in [4.69, 9.17) is 0 Å². The van der Waals surface area contributed by atoms with E-state index < -0.39 is 9.84 Å². The van der Waals surface area contributed by atoms with Crippen LogP contribution in [0.15, 0.2) is 96.3 Å². The standard InChI is InChI=1S/C34H32N6O5S/c1-40-18-16-30(39-40)23-46(44,45)32-15-10-28(34(43)35-17-2-3-26-21-36-37-22-26)20-27(32)9-4-24-5-11-29(12-6-24)38-33(42)19-25-7-13-31(41)14-8-25/h5-8,10-16,18,20-22,41H,2-3,17,19,23H2,1H3,(H,35,43)(H,36,37)(H,38,42). The second-order valence-electron chi connectivity index (χ2n) is 10.6. The molecule has 0 aliphatic heterocycles. The minimum absolute atomic E-state index is 0.000255. The molecule has 234 valence electrons. The second kappa shape index (κ2) is 14.4. The lowest BCUT2D eigenvalue weighted by Gasteiger charge is -2.09. The molecule has 0 unspecified atom stereocenters. The first-order chi connectivity index (χ1) is 22.1. The van der Waals surface area contributed by atoms with E-state index in [0.717, 1.165) is 17.5 Å². The smallest absolute Gasteiger partial charge is 0.251 e. The predicted molar refractivity (Wildman–Crippen MR) is 173 cm³/mol. The number of sulfone groups is 1. The molecule has 0 saturated carbocycles. The van der Waals surface area contributed by atoms with Crippen molar-refractivity contribution in [2.24, 2.45) is 7.05 Å². The zero-order valence-corrected chi connectivity index (χ0v) is 25.8. The van der Waals surface area contributed by atoms with Crippen molar-refractivity contribution < 1.29 is 23.1 Å². The molecule has 0 radical (unpaired) electrons. The third-order valence-electron chi connectivity index (χ3n) is 6.98. The fourth-order valence-corrected chi connectivity index (χ4v) is 6.06. The van der Waals surface area contributed by atoms with Gasteiger partial charge in [-0.15, -0.1) is 0 Å². The number of amides is 2.